The zero-order valence-electron chi connectivity index (χ0n) is 2.84. The number of hydrogen-bond acceptors (Lipinski definition) is 3. The highest BCUT2D eigenvalue weighted by molar-refractivity contribution is 7.47. The molecule has 5 heteroatoms. The molecule has 4 nitrogen and oxygen atoms in total. The molecule has 0 saturated carbocycles. The number of primary amides is 1. The van der Waals surface area contributed by atoms with Crippen LogP contribution in [0.25, 0.3) is 0 Å². The van der Waals surface area contributed by atoms with E-state index in [1.807, 2.05) is 0 Å². The smallest absolute Gasteiger partial charge is 0.333 e. The summed E-state index contributed by atoms with van der Waals surface area (Å²) in [5.41, 5.74) is 6.28. The third kappa shape index (κ3) is 3.29. The third-order valence-electron chi connectivity index (χ3n) is 0.156. The Balaban J connectivity index is 3.05. The fourth-order valence-corrected chi connectivity index (χ4v) is 0.135. The van der Waals surface area contributed by atoms with Crippen LogP contribution in [0.15, 0.2) is 4.47 Å². The van der Waals surface area contributed by atoms with E-state index in [1.54, 1.807) is 5.43 Å². The topological polar surface area (TPSA) is 67.5 Å². The Morgan fingerprint density at radius 2 is 2.50 bits per heavy atom. The lowest BCUT2D eigenvalue weighted by molar-refractivity contribution is 0.249. The van der Waals surface area contributed by atoms with Crippen molar-refractivity contribution in [3.63, 3.8) is 0 Å². The SMILES string of the molecule is NC(=O)NN=S. The second-order valence-corrected chi connectivity index (χ2v) is 0.750. The van der Waals surface area contributed by atoms with Crippen LogP contribution in [0.5, 0.6) is 0 Å². The largest absolute Gasteiger partial charge is 0.350 e. The Labute approximate surface area is 39.9 Å². The highest BCUT2D eigenvalue weighted by Crippen LogP contribution is 1.49. The molecule has 0 bridgehead atoms. The number of urea groups is 1. The van der Waals surface area contributed by atoms with Crippen LogP contribution in [-0.2, 0) is 12.4 Å². The van der Waals surface area contributed by atoms with Crippen molar-refractivity contribution in [1.29, 1.82) is 0 Å². The lowest BCUT2D eigenvalue weighted by Gasteiger charge is -1.80. The van der Waals surface area contributed by atoms with Crippen LogP contribution in [0.3, 0.4) is 0 Å². The Hall–Kier alpha value is -0.710. The van der Waals surface area contributed by atoms with E-state index >= 15 is 0 Å². The summed E-state index contributed by atoms with van der Waals surface area (Å²) in [5, 5.41) is 0. The van der Waals surface area contributed by atoms with Gasteiger partial charge >= 0.3 is 6.03 Å². The summed E-state index contributed by atoms with van der Waals surface area (Å²) < 4.78 is 2.79. The van der Waals surface area contributed by atoms with E-state index in [0.717, 1.165) is 0 Å². The van der Waals surface area contributed by atoms with Crippen LogP contribution in [-0.4, -0.2) is 6.03 Å². The molecule has 0 radical (unpaired) electrons. The predicted molar refractivity (Wildman–Crippen MR) is 22.5 cm³/mol. The molecule has 0 aromatic carbocycles. The van der Waals surface area contributed by atoms with Crippen LogP contribution in [0.4, 0.5) is 4.79 Å². The summed E-state index contributed by atoms with van der Waals surface area (Å²) in [6.45, 7) is 0. The first kappa shape index (κ1) is 5.29. The van der Waals surface area contributed by atoms with Gasteiger partial charge in [0.2, 0.25) is 0 Å². The first-order chi connectivity index (χ1) is 2.77. The second-order valence-electron chi connectivity index (χ2n) is 0.567. The van der Waals surface area contributed by atoms with Crippen molar-refractivity contribution in [2.75, 3.05) is 0 Å². The molecule has 0 aliphatic rings. The van der Waals surface area contributed by atoms with Crippen LogP contribution in [0.2, 0.25) is 0 Å². The molecule has 0 saturated heterocycles. The monoisotopic (exact) mass is 105 g/mol. The van der Waals surface area contributed by atoms with E-state index in [9.17, 15) is 4.79 Å². The molecule has 2 amide bonds. The van der Waals surface area contributed by atoms with E-state index in [4.69, 9.17) is 0 Å². The molecule has 0 unspecified atom stereocenters. The lowest BCUT2D eigenvalue weighted by Crippen LogP contribution is -2.23. The molecule has 0 aliphatic carbocycles. The van der Waals surface area contributed by atoms with Gasteiger partial charge < -0.3 is 5.73 Å². The maximum Gasteiger partial charge on any atom is 0.333 e. The van der Waals surface area contributed by atoms with Crippen LogP contribution < -0.4 is 11.2 Å². The molecule has 0 rings (SSSR count). The zero-order valence-corrected chi connectivity index (χ0v) is 3.66. The van der Waals surface area contributed by atoms with Crippen molar-refractivity contribution >= 4 is 18.5 Å². The quantitative estimate of drug-likeness (QED) is 0.433. The third-order valence-corrected chi connectivity index (χ3v) is 0.247. The van der Waals surface area contributed by atoms with Crippen molar-refractivity contribution in [1.82, 2.24) is 5.43 Å². The minimum Gasteiger partial charge on any atom is -0.350 e. The normalized spacial score (nSPS) is 6.67. The Bertz CT molecular complexity index is 71.2. The van der Waals surface area contributed by atoms with Gasteiger partial charge in [-0.3, -0.25) is 0 Å². The van der Waals surface area contributed by atoms with Gasteiger partial charge in [-0.05, 0) is 0 Å². The molecule has 3 N–H and O–H groups in total. The van der Waals surface area contributed by atoms with E-state index in [-0.39, 0.29) is 0 Å². The first-order valence-corrected chi connectivity index (χ1v) is 1.51. The number of carbonyl (C=O) groups excluding carboxylic acids is 1. The zero-order chi connectivity index (χ0) is 4.99. The molecule has 0 aromatic rings. The first-order valence-electron chi connectivity index (χ1n) is 1.15. The van der Waals surface area contributed by atoms with Crippen molar-refractivity contribution in [2.45, 2.75) is 0 Å². The maximum absolute atomic E-state index is 9.55. The number of amides is 2. The van der Waals surface area contributed by atoms with Gasteiger partial charge in [-0.15, -0.1) is 0 Å². The molecule has 0 aliphatic heterocycles. The number of rotatable bonds is 1. The van der Waals surface area contributed by atoms with E-state index in [0.29, 0.717) is 0 Å². The highest BCUT2D eigenvalue weighted by Gasteiger charge is 1.78. The van der Waals surface area contributed by atoms with Gasteiger partial charge in [-0.1, -0.05) is 4.47 Å². The summed E-state index contributed by atoms with van der Waals surface area (Å²) in [5.74, 6) is 0. The minimum absolute atomic E-state index is 0.731. The number of nitrogens with two attached hydrogens (primary N) is 1. The molecule has 0 aromatic heterocycles. The fraction of sp³-hybridized carbons (Fsp3) is 0. The summed E-state index contributed by atoms with van der Waals surface area (Å²) in [6.07, 6.45) is 0. The molecular weight excluding hydrogens is 102 g/mol. The predicted octanol–water partition coefficient (Wildman–Crippen LogP) is -0.700. The van der Waals surface area contributed by atoms with Crippen LogP contribution >= 0.6 is 0 Å². The summed E-state index contributed by atoms with van der Waals surface area (Å²) >= 11 is 3.94. The van der Waals surface area contributed by atoms with Gasteiger partial charge in [-0.25, -0.2) is 10.2 Å². The lowest BCUT2D eigenvalue weighted by atomic mass is 11.2. The van der Waals surface area contributed by atoms with Crippen molar-refractivity contribution in [3.05, 3.63) is 0 Å². The van der Waals surface area contributed by atoms with Gasteiger partial charge in [0.1, 0.15) is 0 Å². The van der Waals surface area contributed by atoms with E-state index in [1.165, 1.54) is 0 Å². The summed E-state index contributed by atoms with van der Waals surface area (Å²) in [4.78, 5) is 9.55. The number of carbonyl (C=O) groups is 1. The number of nitrogens with zero attached hydrogens (tertiary/aromatic N) is 1. The standard InChI is InChI=1S/CH3N3OS/c2-1(5)3-4-6/h(H3,2,3,5,6). The second kappa shape index (κ2) is 2.52. The van der Waals surface area contributed by atoms with Crippen molar-refractivity contribution < 1.29 is 4.79 Å². The van der Waals surface area contributed by atoms with Gasteiger partial charge in [0.05, 0.1) is 12.4 Å². The van der Waals surface area contributed by atoms with E-state index < -0.39 is 6.03 Å². The van der Waals surface area contributed by atoms with Gasteiger partial charge in [0.15, 0.2) is 0 Å². The van der Waals surface area contributed by atoms with Crippen molar-refractivity contribution in [3.8, 4) is 0 Å². The minimum atomic E-state index is -0.731. The number of nitrogens with one attached hydrogen (secondary N) is 1. The Morgan fingerprint density at radius 1 is 2.00 bits per heavy atom. The molecule has 0 spiro atoms. The van der Waals surface area contributed by atoms with Gasteiger partial charge in [-0.2, -0.15) is 0 Å². The Morgan fingerprint density at radius 3 is 2.50 bits per heavy atom. The van der Waals surface area contributed by atoms with Crippen LogP contribution in [0.1, 0.15) is 0 Å². The molecule has 6 heavy (non-hydrogen) atoms. The summed E-state index contributed by atoms with van der Waals surface area (Å²) in [6, 6.07) is -0.731. The molecular formula is CH3N3OS. The van der Waals surface area contributed by atoms with Gasteiger partial charge in [0, 0.05) is 0 Å². The molecule has 34 valence electrons. The number of hydrogen-bond donors (Lipinski definition) is 2. The molecule has 0 fully saturated rings. The van der Waals surface area contributed by atoms with Crippen molar-refractivity contribution in [2.24, 2.45) is 10.2 Å². The van der Waals surface area contributed by atoms with E-state index in [2.05, 4.69) is 22.6 Å². The average Bonchev–Trinajstić information content (AvgIpc) is 1.35. The maximum atomic E-state index is 9.55. The summed E-state index contributed by atoms with van der Waals surface area (Å²) in [7, 11) is 0. The average molecular weight is 105 g/mol. The van der Waals surface area contributed by atoms with Crippen LogP contribution in [0, 0.1) is 0 Å². The molecule has 0 atom stereocenters. The molecule has 0 heterocycles. The Kier molecular flexibility index (Phi) is 2.22. The fourth-order valence-electron chi connectivity index (χ4n) is 0.0450. The highest BCUT2D eigenvalue weighted by atomic mass is 32.1. The van der Waals surface area contributed by atoms with Gasteiger partial charge in [0.25, 0.3) is 0 Å².